The molecule has 0 saturated heterocycles. The Morgan fingerprint density at radius 2 is 1.77 bits per heavy atom. The highest BCUT2D eigenvalue weighted by atomic mass is 16.3. The summed E-state index contributed by atoms with van der Waals surface area (Å²) in [6.45, 7) is 6.33. The number of hydrogen-bond donors (Lipinski definition) is 3. The molecule has 0 fully saturated rings. The molecule has 0 aliphatic heterocycles. The van der Waals surface area contributed by atoms with Gasteiger partial charge in [0.15, 0.2) is 0 Å². The molecule has 2 aromatic carbocycles. The third-order valence-corrected chi connectivity index (χ3v) is 6.26. The summed E-state index contributed by atoms with van der Waals surface area (Å²) >= 11 is 0. The minimum atomic E-state index is -0.222. The second-order valence-corrected chi connectivity index (χ2v) is 10.1. The Morgan fingerprint density at radius 3 is 2.37 bits per heavy atom. The van der Waals surface area contributed by atoms with Gasteiger partial charge in [-0.25, -0.2) is 0 Å². The number of amides is 1. The van der Waals surface area contributed by atoms with Crippen LogP contribution in [0.15, 0.2) is 59.5 Å². The number of fused-ring (bicyclic) bond motifs is 1. The van der Waals surface area contributed by atoms with Gasteiger partial charge in [0.2, 0.25) is 0 Å². The average Bonchev–Trinajstić information content (AvgIpc) is 3.26. The van der Waals surface area contributed by atoms with Gasteiger partial charge in [0, 0.05) is 55.2 Å². The number of rotatable bonds is 5. The lowest BCUT2D eigenvalue weighted by atomic mass is 9.87. The zero-order valence-electron chi connectivity index (χ0n) is 21.1. The molecule has 0 spiro atoms. The molecule has 4 aromatic rings. The molecule has 7 heteroatoms. The molecule has 35 heavy (non-hydrogen) atoms. The zero-order valence-corrected chi connectivity index (χ0v) is 21.1. The molecule has 7 nitrogen and oxygen atoms in total. The summed E-state index contributed by atoms with van der Waals surface area (Å²) in [6, 6.07) is 15.7. The van der Waals surface area contributed by atoms with E-state index in [1.165, 1.54) is 15.0 Å². The minimum Gasteiger partial charge on any atom is -0.392 e. The van der Waals surface area contributed by atoms with Crippen molar-refractivity contribution in [2.75, 3.05) is 19.4 Å². The maximum absolute atomic E-state index is 12.8. The Bertz CT molecular complexity index is 1450. The third kappa shape index (κ3) is 4.59. The second-order valence-electron chi connectivity index (χ2n) is 10.1. The molecule has 0 bridgehead atoms. The number of aliphatic hydroxyl groups is 1. The van der Waals surface area contributed by atoms with E-state index in [1.807, 2.05) is 30.3 Å². The smallest absolute Gasteiger partial charge is 0.274 e. The maximum Gasteiger partial charge on any atom is 0.274 e. The fourth-order valence-corrected chi connectivity index (χ4v) is 4.24. The number of carbonyl (C=O) groups excluding carboxylic acids is 1. The Morgan fingerprint density at radius 1 is 1.09 bits per heavy atom. The van der Waals surface area contributed by atoms with Crippen molar-refractivity contribution >= 4 is 28.2 Å². The van der Waals surface area contributed by atoms with Crippen LogP contribution in [0.4, 0.5) is 11.4 Å². The standard InChI is InChI=1S/C28H32N4O3/c1-28(2,3)17-10-12-18(13-11-17)29-23-9-7-8-19(22(23)16-33)21-15-32(6)27(35)25-20(21)14-24(30-25)26(34)31(4)5/h7-15,29-30,33H,16H2,1-6H3. The van der Waals surface area contributed by atoms with Crippen LogP contribution in [0.25, 0.3) is 22.0 Å². The van der Waals surface area contributed by atoms with Crippen LogP contribution in [0.5, 0.6) is 0 Å². The normalized spacial score (nSPS) is 11.6. The number of carbonyl (C=O) groups is 1. The number of anilines is 2. The molecule has 0 unspecified atom stereocenters. The Kier molecular flexibility index (Phi) is 6.30. The minimum absolute atomic E-state index is 0.0622. The van der Waals surface area contributed by atoms with Crippen molar-refractivity contribution in [3.8, 4) is 11.1 Å². The van der Waals surface area contributed by atoms with Crippen LogP contribution in [0.1, 0.15) is 42.4 Å². The SMILES string of the molecule is CN(C)C(=O)c1cc2c(-c3cccc(Nc4ccc(C(C)(C)C)cc4)c3CO)cn(C)c(=O)c2[nH]1. The predicted molar refractivity (Wildman–Crippen MR) is 141 cm³/mol. The van der Waals surface area contributed by atoms with Gasteiger partial charge in [0.05, 0.1) is 6.61 Å². The van der Waals surface area contributed by atoms with Crippen LogP contribution in [0.3, 0.4) is 0 Å². The number of H-pyrrole nitrogens is 1. The number of nitrogens with zero attached hydrogens (tertiary/aromatic N) is 2. The van der Waals surface area contributed by atoms with Gasteiger partial charge in [0.25, 0.3) is 11.5 Å². The van der Waals surface area contributed by atoms with E-state index in [0.29, 0.717) is 22.2 Å². The zero-order chi connectivity index (χ0) is 25.5. The van der Waals surface area contributed by atoms with Gasteiger partial charge in [-0.2, -0.15) is 0 Å². The molecule has 0 atom stereocenters. The van der Waals surface area contributed by atoms with Crippen molar-refractivity contribution in [1.82, 2.24) is 14.5 Å². The van der Waals surface area contributed by atoms with Crippen LogP contribution in [-0.4, -0.2) is 39.6 Å². The van der Waals surface area contributed by atoms with E-state index >= 15 is 0 Å². The van der Waals surface area contributed by atoms with E-state index in [1.54, 1.807) is 33.4 Å². The summed E-state index contributed by atoms with van der Waals surface area (Å²) in [6.07, 6.45) is 1.75. The number of aromatic nitrogens is 2. The van der Waals surface area contributed by atoms with Crippen LogP contribution < -0.4 is 10.9 Å². The van der Waals surface area contributed by atoms with Gasteiger partial charge in [-0.1, -0.05) is 45.0 Å². The van der Waals surface area contributed by atoms with E-state index in [0.717, 1.165) is 22.5 Å². The quantitative estimate of drug-likeness (QED) is 0.390. The molecule has 0 aliphatic carbocycles. The lowest BCUT2D eigenvalue weighted by molar-refractivity contribution is 0.0823. The number of pyridine rings is 1. The molecule has 3 N–H and O–H groups in total. The van der Waals surface area contributed by atoms with Crippen LogP contribution >= 0.6 is 0 Å². The molecule has 0 aliphatic rings. The largest absolute Gasteiger partial charge is 0.392 e. The van der Waals surface area contributed by atoms with Gasteiger partial charge < -0.3 is 24.9 Å². The molecule has 4 rings (SSSR count). The number of aryl methyl sites for hydroxylation is 1. The summed E-state index contributed by atoms with van der Waals surface area (Å²) in [5, 5.41) is 14.4. The number of benzene rings is 2. The number of hydrogen-bond acceptors (Lipinski definition) is 4. The number of nitrogens with one attached hydrogen (secondary N) is 2. The fourth-order valence-electron chi connectivity index (χ4n) is 4.24. The van der Waals surface area contributed by atoms with Crippen molar-refractivity contribution in [3.63, 3.8) is 0 Å². The summed E-state index contributed by atoms with van der Waals surface area (Å²) in [7, 11) is 5.01. The van der Waals surface area contributed by atoms with Crippen LogP contribution in [0, 0.1) is 0 Å². The van der Waals surface area contributed by atoms with E-state index in [4.69, 9.17) is 0 Å². The van der Waals surface area contributed by atoms with Gasteiger partial charge >= 0.3 is 0 Å². The first-order valence-corrected chi connectivity index (χ1v) is 11.6. The van der Waals surface area contributed by atoms with Gasteiger partial charge in [-0.05, 0) is 40.8 Å². The molecule has 0 radical (unpaired) electrons. The van der Waals surface area contributed by atoms with E-state index in [2.05, 4.69) is 43.2 Å². The summed E-state index contributed by atoms with van der Waals surface area (Å²) < 4.78 is 1.49. The molecule has 182 valence electrons. The first-order valence-electron chi connectivity index (χ1n) is 11.6. The van der Waals surface area contributed by atoms with Crippen LogP contribution in [0.2, 0.25) is 0 Å². The highest BCUT2D eigenvalue weighted by Gasteiger charge is 2.20. The van der Waals surface area contributed by atoms with E-state index in [-0.39, 0.29) is 23.5 Å². The highest BCUT2D eigenvalue weighted by molar-refractivity contribution is 6.03. The van der Waals surface area contributed by atoms with E-state index in [9.17, 15) is 14.7 Å². The van der Waals surface area contributed by atoms with Gasteiger partial charge in [-0.15, -0.1) is 0 Å². The number of aromatic amines is 1. The topological polar surface area (TPSA) is 90.4 Å². The predicted octanol–water partition coefficient (Wildman–Crippen LogP) is 4.77. The fraction of sp³-hybridized carbons (Fsp3) is 0.286. The monoisotopic (exact) mass is 472 g/mol. The highest BCUT2D eigenvalue weighted by Crippen LogP contribution is 2.35. The molecule has 2 heterocycles. The van der Waals surface area contributed by atoms with Gasteiger partial charge in [-0.3, -0.25) is 9.59 Å². The summed E-state index contributed by atoms with van der Waals surface area (Å²) in [5.74, 6) is -0.217. The molecule has 2 aromatic heterocycles. The van der Waals surface area contributed by atoms with Crippen molar-refractivity contribution in [2.24, 2.45) is 7.05 Å². The van der Waals surface area contributed by atoms with Crippen LogP contribution in [-0.2, 0) is 19.1 Å². The molecule has 1 amide bonds. The van der Waals surface area contributed by atoms with E-state index < -0.39 is 0 Å². The molecular formula is C28H32N4O3. The third-order valence-electron chi connectivity index (χ3n) is 6.26. The summed E-state index contributed by atoms with van der Waals surface area (Å²) in [5.41, 5.74) is 5.71. The summed E-state index contributed by atoms with van der Waals surface area (Å²) in [4.78, 5) is 29.8. The van der Waals surface area contributed by atoms with Gasteiger partial charge in [0.1, 0.15) is 11.2 Å². The number of aliphatic hydroxyl groups excluding tert-OH is 1. The Hall–Kier alpha value is -3.84. The first-order chi connectivity index (χ1) is 16.5. The Balaban J connectivity index is 1.83. The lowest BCUT2D eigenvalue weighted by Gasteiger charge is -2.20. The maximum atomic E-state index is 12.8. The van der Waals surface area contributed by atoms with Crippen molar-refractivity contribution in [1.29, 1.82) is 0 Å². The Labute approximate surface area is 205 Å². The molecule has 0 saturated carbocycles. The van der Waals surface area contributed by atoms with Crippen molar-refractivity contribution in [3.05, 3.63) is 81.9 Å². The first kappa shape index (κ1) is 24.3. The van der Waals surface area contributed by atoms with Crippen molar-refractivity contribution < 1.29 is 9.90 Å². The van der Waals surface area contributed by atoms with Crippen molar-refractivity contribution in [2.45, 2.75) is 32.8 Å². The lowest BCUT2D eigenvalue weighted by Crippen LogP contribution is -2.22. The second kappa shape index (κ2) is 9.07. The average molecular weight is 473 g/mol. The molecular weight excluding hydrogens is 440 g/mol.